The van der Waals surface area contributed by atoms with Gasteiger partial charge in [0.1, 0.15) is 0 Å². The van der Waals surface area contributed by atoms with Gasteiger partial charge in [-0.1, -0.05) is 37.3 Å². The van der Waals surface area contributed by atoms with Crippen LogP contribution in [0.5, 0.6) is 0 Å². The van der Waals surface area contributed by atoms with Crippen molar-refractivity contribution in [2.75, 3.05) is 13.6 Å². The number of nitrogens with zero attached hydrogens (tertiary/aromatic N) is 3. The molecule has 1 atom stereocenters. The first-order valence-electron chi connectivity index (χ1n) is 9.23. The smallest absolute Gasteiger partial charge is 0.191 e. The summed E-state index contributed by atoms with van der Waals surface area (Å²) in [6.45, 7) is 4.75. The van der Waals surface area contributed by atoms with E-state index in [1.807, 2.05) is 30.9 Å². The van der Waals surface area contributed by atoms with Gasteiger partial charge in [-0.25, -0.2) is 4.98 Å². The summed E-state index contributed by atoms with van der Waals surface area (Å²) in [5.41, 5.74) is 2.50. The van der Waals surface area contributed by atoms with Crippen LogP contribution in [-0.2, 0) is 19.5 Å². The zero-order valence-corrected chi connectivity index (χ0v) is 19.5. The van der Waals surface area contributed by atoms with Crippen molar-refractivity contribution in [3.63, 3.8) is 0 Å². The van der Waals surface area contributed by atoms with Gasteiger partial charge in [0.15, 0.2) is 5.96 Å². The Bertz CT molecular complexity index is 830. The number of hydrogen-bond acceptors (Lipinski definition) is 3. The molecule has 2 aromatic heterocycles. The van der Waals surface area contributed by atoms with Gasteiger partial charge in [0.05, 0.1) is 6.33 Å². The maximum absolute atomic E-state index is 4.34. The summed E-state index contributed by atoms with van der Waals surface area (Å²) in [5, 5.41) is 8.98. The summed E-state index contributed by atoms with van der Waals surface area (Å²) < 4.78 is 2.07. The lowest BCUT2D eigenvalue weighted by Crippen LogP contribution is -2.39. The molecular formula is C21H28IN5S. The van der Waals surface area contributed by atoms with Gasteiger partial charge in [-0.2, -0.15) is 0 Å². The van der Waals surface area contributed by atoms with Crippen LogP contribution in [0.15, 0.2) is 65.5 Å². The number of rotatable bonds is 8. The number of aliphatic imine (C=N–C) groups is 1. The second kappa shape index (κ2) is 11.9. The van der Waals surface area contributed by atoms with E-state index in [1.165, 1.54) is 16.0 Å². The molecule has 0 bridgehead atoms. The Morgan fingerprint density at radius 3 is 2.79 bits per heavy atom. The maximum Gasteiger partial charge on any atom is 0.191 e. The quantitative estimate of drug-likeness (QED) is 0.273. The Morgan fingerprint density at radius 1 is 1.21 bits per heavy atom. The fourth-order valence-electron chi connectivity index (χ4n) is 2.95. The maximum atomic E-state index is 4.34. The van der Waals surface area contributed by atoms with Gasteiger partial charge in [0, 0.05) is 44.0 Å². The molecule has 2 N–H and O–H groups in total. The van der Waals surface area contributed by atoms with Crippen LogP contribution >= 0.6 is 35.3 Å². The molecule has 0 aliphatic heterocycles. The van der Waals surface area contributed by atoms with Crippen molar-refractivity contribution in [2.24, 2.45) is 10.9 Å². The lowest BCUT2D eigenvalue weighted by Gasteiger charge is -2.16. The topological polar surface area (TPSA) is 54.2 Å². The van der Waals surface area contributed by atoms with Crippen LogP contribution in [0.4, 0.5) is 0 Å². The second-order valence-corrected chi connectivity index (χ2v) is 7.78. The molecule has 0 amide bonds. The van der Waals surface area contributed by atoms with Crippen LogP contribution in [0.3, 0.4) is 0 Å². The van der Waals surface area contributed by atoms with Crippen molar-refractivity contribution < 1.29 is 0 Å². The first-order chi connectivity index (χ1) is 13.2. The Kier molecular flexibility index (Phi) is 9.49. The molecule has 28 heavy (non-hydrogen) atoms. The summed E-state index contributed by atoms with van der Waals surface area (Å²) in [6, 6.07) is 12.9. The standard InChI is InChI=1S/C21H27N5S.HI/c1-17(11-20-7-4-10-27-20)13-24-21(22-2)25-14-18-5-3-6-19(12-18)15-26-9-8-23-16-26;/h3-10,12,16-17H,11,13-15H2,1-2H3,(H2,22,24,25);1H. The minimum Gasteiger partial charge on any atom is -0.356 e. The first-order valence-corrected chi connectivity index (χ1v) is 10.1. The van der Waals surface area contributed by atoms with Gasteiger partial charge in [-0.05, 0) is 34.9 Å². The predicted molar refractivity (Wildman–Crippen MR) is 129 cm³/mol. The van der Waals surface area contributed by atoms with Crippen molar-refractivity contribution in [2.45, 2.75) is 26.4 Å². The van der Waals surface area contributed by atoms with E-state index in [0.29, 0.717) is 5.92 Å². The van der Waals surface area contributed by atoms with E-state index in [9.17, 15) is 0 Å². The third kappa shape index (κ3) is 7.27. The third-order valence-electron chi connectivity index (χ3n) is 4.35. The summed E-state index contributed by atoms with van der Waals surface area (Å²) in [5.74, 6) is 1.40. The Labute approximate surface area is 188 Å². The molecule has 0 spiro atoms. The molecule has 3 rings (SSSR count). The molecule has 0 radical (unpaired) electrons. The monoisotopic (exact) mass is 509 g/mol. The first kappa shape index (κ1) is 22.4. The largest absolute Gasteiger partial charge is 0.356 e. The highest BCUT2D eigenvalue weighted by Gasteiger charge is 2.06. The highest BCUT2D eigenvalue weighted by atomic mass is 127. The van der Waals surface area contributed by atoms with Gasteiger partial charge >= 0.3 is 0 Å². The Hall–Kier alpha value is -1.87. The third-order valence-corrected chi connectivity index (χ3v) is 5.25. The van der Waals surface area contributed by atoms with Crippen LogP contribution in [0.1, 0.15) is 22.9 Å². The average Bonchev–Trinajstić information content (AvgIpc) is 3.36. The number of halogens is 1. The molecule has 5 nitrogen and oxygen atoms in total. The van der Waals surface area contributed by atoms with Gasteiger partial charge < -0.3 is 15.2 Å². The molecule has 0 aliphatic rings. The van der Waals surface area contributed by atoms with Crippen molar-refractivity contribution in [3.05, 3.63) is 76.5 Å². The number of hydrogen-bond donors (Lipinski definition) is 2. The highest BCUT2D eigenvalue weighted by Crippen LogP contribution is 2.13. The molecule has 0 aliphatic carbocycles. The Balaban J connectivity index is 0.00000280. The summed E-state index contributed by atoms with van der Waals surface area (Å²) in [6.07, 6.45) is 6.72. The average molecular weight is 509 g/mol. The fraction of sp³-hybridized carbons (Fsp3) is 0.333. The molecule has 0 fully saturated rings. The van der Waals surface area contributed by atoms with Crippen LogP contribution in [-0.4, -0.2) is 29.1 Å². The van der Waals surface area contributed by atoms with E-state index in [2.05, 4.69) is 73.9 Å². The molecule has 150 valence electrons. The zero-order chi connectivity index (χ0) is 18.9. The summed E-state index contributed by atoms with van der Waals surface area (Å²) in [4.78, 5) is 9.87. The minimum atomic E-state index is 0. The fourth-order valence-corrected chi connectivity index (χ4v) is 3.82. The highest BCUT2D eigenvalue weighted by molar-refractivity contribution is 14.0. The van der Waals surface area contributed by atoms with E-state index in [0.717, 1.165) is 32.0 Å². The number of nitrogens with one attached hydrogen (secondary N) is 2. The molecule has 1 aromatic carbocycles. The van der Waals surface area contributed by atoms with Crippen LogP contribution in [0.25, 0.3) is 0 Å². The lowest BCUT2D eigenvalue weighted by molar-refractivity contribution is 0.562. The molecule has 0 saturated carbocycles. The van der Waals surface area contributed by atoms with Gasteiger partial charge in [0.25, 0.3) is 0 Å². The number of benzene rings is 1. The van der Waals surface area contributed by atoms with E-state index in [4.69, 9.17) is 0 Å². The molecule has 3 aromatic rings. The number of aromatic nitrogens is 2. The second-order valence-electron chi connectivity index (χ2n) is 6.75. The molecular weight excluding hydrogens is 481 g/mol. The normalized spacial score (nSPS) is 12.3. The van der Waals surface area contributed by atoms with Crippen molar-refractivity contribution in [1.29, 1.82) is 0 Å². The van der Waals surface area contributed by atoms with Crippen molar-refractivity contribution in [1.82, 2.24) is 20.2 Å². The van der Waals surface area contributed by atoms with E-state index in [1.54, 1.807) is 6.20 Å². The number of thiophene rings is 1. The Morgan fingerprint density at radius 2 is 2.07 bits per heavy atom. The lowest BCUT2D eigenvalue weighted by atomic mass is 10.1. The van der Waals surface area contributed by atoms with E-state index < -0.39 is 0 Å². The number of guanidine groups is 1. The van der Waals surface area contributed by atoms with Crippen LogP contribution in [0, 0.1) is 5.92 Å². The molecule has 7 heteroatoms. The van der Waals surface area contributed by atoms with Crippen LogP contribution < -0.4 is 10.6 Å². The van der Waals surface area contributed by atoms with Gasteiger partial charge in [-0.3, -0.25) is 4.99 Å². The number of imidazole rings is 1. The van der Waals surface area contributed by atoms with Crippen molar-refractivity contribution in [3.8, 4) is 0 Å². The molecule has 0 saturated heterocycles. The minimum absolute atomic E-state index is 0. The molecule has 1 unspecified atom stereocenters. The molecule has 2 heterocycles. The summed E-state index contributed by atoms with van der Waals surface area (Å²) >= 11 is 1.82. The van der Waals surface area contributed by atoms with E-state index in [-0.39, 0.29) is 24.0 Å². The summed E-state index contributed by atoms with van der Waals surface area (Å²) in [7, 11) is 1.81. The SMILES string of the molecule is CN=C(NCc1cccc(Cn2ccnc2)c1)NCC(C)Cc1cccs1.I. The predicted octanol–water partition coefficient (Wildman–Crippen LogP) is 4.15. The van der Waals surface area contributed by atoms with Gasteiger partial charge in [-0.15, -0.1) is 35.3 Å². The zero-order valence-electron chi connectivity index (χ0n) is 16.3. The van der Waals surface area contributed by atoms with Gasteiger partial charge in [0.2, 0.25) is 0 Å². The van der Waals surface area contributed by atoms with Crippen LogP contribution in [0.2, 0.25) is 0 Å². The van der Waals surface area contributed by atoms with Crippen molar-refractivity contribution >= 4 is 41.3 Å². The van der Waals surface area contributed by atoms with E-state index >= 15 is 0 Å².